The Labute approximate surface area is 213 Å². The normalized spacial score (nSPS) is 14.1. The highest BCUT2D eigenvalue weighted by Crippen LogP contribution is 2.38. The topological polar surface area (TPSA) is 86.3 Å². The highest BCUT2D eigenvalue weighted by Gasteiger charge is 2.41. The Morgan fingerprint density at radius 2 is 1.86 bits per heavy atom. The maximum absolute atomic E-state index is 13.9. The number of hydrogen-bond donors (Lipinski definition) is 1. The molecule has 0 saturated carbocycles. The van der Waals surface area contributed by atoms with Crippen LogP contribution in [0.5, 0.6) is 5.88 Å². The SMILES string of the molecule is COc1ncccc1-c1nc(C(F)(F)F)n2c1CN(C(=O)CC(N)Cc1cc(F)c(F)cc1F)CC2.Cl. The molecule has 200 valence electrons. The molecule has 3 heterocycles. The number of rotatable bonds is 6. The first-order valence-electron chi connectivity index (χ1n) is 10.8. The highest BCUT2D eigenvalue weighted by atomic mass is 35.5. The van der Waals surface area contributed by atoms with Gasteiger partial charge < -0.3 is 19.9 Å². The first kappa shape index (κ1) is 28.3. The van der Waals surface area contributed by atoms with Crippen LogP contribution in [0, 0.1) is 17.5 Å². The van der Waals surface area contributed by atoms with Crippen LogP contribution < -0.4 is 10.5 Å². The summed E-state index contributed by atoms with van der Waals surface area (Å²) in [5, 5.41) is 0. The lowest BCUT2D eigenvalue weighted by Crippen LogP contribution is -2.42. The van der Waals surface area contributed by atoms with Crippen LogP contribution >= 0.6 is 12.4 Å². The third-order valence-electron chi connectivity index (χ3n) is 5.84. The van der Waals surface area contributed by atoms with Gasteiger partial charge in [0.15, 0.2) is 11.6 Å². The van der Waals surface area contributed by atoms with Gasteiger partial charge in [-0.15, -0.1) is 12.4 Å². The van der Waals surface area contributed by atoms with Crippen molar-refractivity contribution in [1.82, 2.24) is 19.4 Å². The minimum Gasteiger partial charge on any atom is -0.481 e. The minimum absolute atomic E-state index is 0. The van der Waals surface area contributed by atoms with E-state index in [1.165, 1.54) is 30.3 Å². The molecule has 0 bridgehead atoms. The molecule has 37 heavy (non-hydrogen) atoms. The van der Waals surface area contributed by atoms with Crippen LogP contribution in [0.2, 0.25) is 0 Å². The molecule has 0 saturated heterocycles. The van der Waals surface area contributed by atoms with Gasteiger partial charge in [0, 0.05) is 37.8 Å². The van der Waals surface area contributed by atoms with Crippen molar-refractivity contribution < 1.29 is 35.9 Å². The number of nitrogens with zero attached hydrogens (tertiary/aromatic N) is 4. The minimum atomic E-state index is -4.73. The average Bonchev–Trinajstić information content (AvgIpc) is 3.21. The predicted molar refractivity (Wildman–Crippen MR) is 122 cm³/mol. The number of carbonyl (C=O) groups is 1. The van der Waals surface area contributed by atoms with Crippen molar-refractivity contribution in [2.24, 2.45) is 5.73 Å². The average molecular weight is 550 g/mol. The van der Waals surface area contributed by atoms with E-state index < -0.39 is 41.4 Å². The molecule has 2 N–H and O–H groups in total. The quantitative estimate of drug-likeness (QED) is 0.369. The Morgan fingerprint density at radius 3 is 2.54 bits per heavy atom. The number of alkyl halides is 3. The van der Waals surface area contributed by atoms with Crippen molar-refractivity contribution in [3.8, 4) is 17.1 Å². The number of methoxy groups -OCH3 is 1. The molecule has 0 fully saturated rings. The molecular weight excluding hydrogens is 528 g/mol. The smallest absolute Gasteiger partial charge is 0.449 e. The van der Waals surface area contributed by atoms with Gasteiger partial charge in [0.1, 0.15) is 5.82 Å². The number of benzene rings is 1. The zero-order valence-corrected chi connectivity index (χ0v) is 20.2. The number of pyridine rings is 1. The van der Waals surface area contributed by atoms with E-state index in [4.69, 9.17) is 10.5 Å². The van der Waals surface area contributed by atoms with Crippen molar-refractivity contribution in [2.45, 2.75) is 38.1 Å². The number of nitrogens with two attached hydrogens (primary N) is 1. The van der Waals surface area contributed by atoms with Crippen molar-refractivity contribution in [3.63, 3.8) is 0 Å². The number of halogens is 7. The monoisotopic (exact) mass is 549 g/mol. The van der Waals surface area contributed by atoms with Gasteiger partial charge in [-0.1, -0.05) is 0 Å². The third kappa shape index (κ3) is 5.82. The largest absolute Gasteiger partial charge is 0.481 e. The number of fused-ring (bicyclic) bond motifs is 1. The molecule has 0 radical (unpaired) electrons. The summed E-state index contributed by atoms with van der Waals surface area (Å²) >= 11 is 0. The Morgan fingerprint density at radius 1 is 1.16 bits per heavy atom. The Bertz CT molecular complexity index is 1300. The summed E-state index contributed by atoms with van der Waals surface area (Å²) in [5.41, 5.74) is 6.14. The summed E-state index contributed by atoms with van der Waals surface area (Å²) < 4.78 is 87.8. The van der Waals surface area contributed by atoms with E-state index >= 15 is 0 Å². The first-order valence-corrected chi connectivity index (χ1v) is 10.8. The molecule has 14 heteroatoms. The van der Waals surface area contributed by atoms with E-state index in [-0.39, 0.29) is 73.3 Å². The van der Waals surface area contributed by atoms with E-state index in [9.17, 15) is 31.1 Å². The summed E-state index contributed by atoms with van der Waals surface area (Å²) in [6.45, 7) is -0.402. The van der Waals surface area contributed by atoms with Crippen LogP contribution in [-0.2, 0) is 30.5 Å². The number of carbonyl (C=O) groups excluding carboxylic acids is 1. The third-order valence-corrected chi connectivity index (χ3v) is 5.84. The van der Waals surface area contributed by atoms with Crippen LogP contribution in [0.15, 0.2) is 30.5 Å². The lowest BCUT2D eigenvalue weighted by molar-refractivity contribution is -0.148. The molecule has 0 spiro atoms. The zero-order valence-electron chi connectivity index (χ0n) is 19.4. The molecule has 7 nitrogen and oxygen atoms in total. The van der Waals surface area contributed by atoms with E-state index in [1.807, 2.05) is 0 Å². The standard InChI is InChI=1S/C23H21F6N5O2.ClH/c1-36-21-14(3-2-4-31-21)20-18-11-33(5-6-34(18)22(32-20)23(27,28)29)19(35)9-13(30)7-12-8-16(25)17(26)10-15(12)24;/h2-4,8,10,13H,5-7,9,11,30H2,1H3;1H. The van der Waals surface area contributed by atoms with E-state index in [2.05, 4.69) is 9.97 Å². The second kappa shape index (κ2) is 11.0. The fraction of sp³-hybridized carbons (Fsp3) is 0.348. The van der Waals surface area contributed by atoms with E-state index in [0.29, 0.717) is 12.1 Å². The Hall–Kier alpha value is -3.32. The van der Waals surface area contributed by atoms with Gasteiger partial charge in [-0.25, -0.2) is 23.1 Å². The van der Waals surface area contributed by atoms with E-state index in [0.717, 1.165) is 4.57 Å². The molecule has 1 amide bonds. The second-order valence-electron chi connectivity index (χ2n) is 8.28. The zero-order chi connectivity index (χ0) is 26.2. The maximum Gasteiger partial charge on any atom is 0.449 e. The van der Waals surface area contributed by atoms with Crippen molar-refractivity contribution in [3.05, 3.63) is 65.0 Å². The molecule has 3 aromatic rings. The molecular formula is C23H22ClF6N5O2. The van der Waals surface area contributed by atoms with Crippen LogP contribution in [0.25, 0.3) is 11.3 Å². The van der Waals surface area contributed by atoms with Gasteiger partial charge in [-0.3, -0.25) is 4.79 Å². The summed E-state index contributed by atoms with van der Waals surface area (Å²) in [6, 6.07) is 3.19. The van der Waals surface area contributed by atoms with Crippen molar-refractivity contribution in [2.75, 3.05) is 13.7 Å². The van der Waals surface area contributed by atoms with Crippen LogP contribution in [0.1, 0.15) is 23.5 Å². The summed E-state index contributed by atoms with van der Waals surface area (Å²) in [6.07, 6.45) is -3.84. The number of aromatic nitrogens is 3. The fourth-order valence-corrected chi connectivity index (χ4v) is 4.17. The van der Waals surface area contributed by atoms with Crippen LogP contribution in [0.4, 0.5) is 26.3 Å². The second-order valence-corrected chi connectivity index (χ2v) is 8.28. The summed E-state index contributed by atoms with van der Waals surface area (Å²) in [5.74, 6) is -5.09. The molecule has 4 rings (SSSR count). The maximum atomic E-state index is 13.9. The molecule has 1 atom stereocenters. The molecule has 1 unspecified atom stereocenters. The van der Waals surface area contributed by atoms with Crippen LogP contribution in [0.3, 0.4) is 0 Å². The number of hydrogen-bond acceptors (Lipinski definition) is 5. The number of imidazole rings is 1. The lowest BCUT2D eigenvalue weighted by atomic mass is 10.0. The van der Waals surface area contributed by atoms with Gasteiger partial charge >= 0.3 is 6.18 Å². The molecule has 1 aliphatic rings. The number of ether oxygens (including phenoxy) is 1. The highest BCUT2D eigenvalue weighted by molar-refractivity contribution is 5.85. The van der Waals surface area contributed by atoms with Gasteiger partial charge in [0.2, 0.25) is 17.6 Å². The van der Waals surface area contributed by atoms with Gasteiger partial charge in [0.25, 0.3) is 0 Å². The predicted octanol–water partition coefficient (Wildman–Crippen LogP) is 4.11. The number of amides is 1. The summed E-state index contributed by atoms with van der Waals surface area (Å²) in [7, 11) is 1.33. The van der Waals surface area contributed by atoms with Gasteiger partial charge in [-0.05, 0) is 30.2 Å². The van der Waals surface area contributed by atoms with Gasteiger partial charge in [-0.2, -0.15) is 13.2 Å². The molecule has 0 aliphatic carbocycles. The molecule has 2 aromatic heterocycles. The van der Waals surface area contributed by atoms with Crippen LogP contribution in [-0.4, -0.2) is 45.0 Å². The molecule has 1 aliphatic heterocycles. The van der Waals surface area contributed by atoms with Crippen molar-refractivity contribution in [1.29, 1.82) is 0 Å². The van der Waals surface area contributed by atoms with Crippen molar-refractivity contribution >= 4 is 18.3 Å². The van der Waals surface area contributed by atoms with E-state index in [1.54, 1.807) is 0 Å². The lowest BCUT2D eigenvalue weighted by Gasteiger charge is -2.30. The Balaban J connectivity index is 0.00000380. The first-order chi connectivity index (χ1) is 17.0. The summed E-state index contributed by atoms with van der Waals surface area (Å²) in [4.78, 5) is 22.1. The molecule has 1 aromatic carbocycles. The Kier molecular flexibility index (Phi) is 8.38. The van der Waals surface area contributed by atoms with Gasteiger partial charge in [0.05, 0.1) is 30.6 Å². The fourth-order valence-electron chi connectivity index (χ4n) is 4.17.